The Balaban J connectivity index is 1.90. The number of aryl methyl sites for hydroxylation is 1. The molecule has 21 heavy (non-hydrogen) atoms. The van der Waals surface area contributed by atoms with Gasteiger partial charge in [-0.15, -0.1) is 0 Å². The van der Waals surface area contributed by atoms with Crippen molar-refractivity contribution in [3.05, 3.63) is 36.2 Å². The number of ether oxygens (including phenoxy) is 1. The number of aliphatic hydroxyl groups is 1. The van der Waals surface area contributed by atoms with Gasteiger partial charge in [-0.25, -0.2) is 18.9 Å². The number of carbonyl (C=O) groups is 1. The second-order valence-corrected chi connectivity index (χ2v) is 4.67. The van der Waals surface area contributed by atoms with Crippen LogP contribution in [0.4, 0.5) is 14.9 Å². The molecular formula is C13H13FN4O3. The molecule has 0 aliphatic carbocycles. The van der Waals surface area contributed by atoms with Crippen molar-refractivity contribution in [1.29, 1.82) is 0 Å². The lowest BCUT2D eigenvalue weighted by Gasteiger charge is -2.14. The number of nitrogens with zero attached hydrogens (tertiary/aromatic N) is 4. The molecule has 1 fully saturated rings. The zero-order chi connectivity index (χ0) is 15.0. The zero-order valence-electron chi connectivity index (χ0n) is 11.2. The van der Waals surface area contributed by atoms with Crippen molar-refractivity contribution in [2.45, 2.75) is 13.0 Å². The maximum atomic E-state index is 14.2. The van der Waals surface area contributed by atoms with Crippen LogP contribution in [0.5, 0.6) is 0 Å². The number of aliphatic hydroxyl groups excluding tert-OH is 1. The summed E-state index contributed by atoms with van der Waals surface area (Å²) < 4.78 is 20.4. The van der Waals surface area contributed by atoms with Gasteiger partial charge in [-0.2, -0.15) is 5.10 Å². The van der Waals surface area contributed by atoms with E-state index in [1.54, 1.807) is 13.0 Å². The second kappa shape index (κ2) is 5.13. The molecule has 7 nitrogen and oxygen atoms in total. The highest BCUT2D eigenvalue weighted by Gasteiger charge is 2.32. The number of aromatic nitrogens is 3. The van der Waals surface area contributed by atoms with E-state index in [0.717, 1.165) is 0 Å². The maximum Gasteiger partial charge on any atom is 0.414 e. The molecule has 1 aliphatic heterocycles. The number of benzene rings is 1. The van der Waals surface area contributed by atoms with Crippen molar-refractivity contribution >= 4 is 11.8 Å². The van der Waals surface area contributed by atoms with Gasteiger partial charge in [0.1, 0.15) is 23.9 Å². The van der Waals surface area contributed by atoms with E-state index in [1.165, 1.54) is 28.0 Å². The van der Waals surface area contributed by atoms with Crippen LogP contribution in [0.25, 0.3) is 5.69 Å². The topological polar surface area (TPSA) is 80.5 Å². The number of hydrogen-bond acceptors (Lipinski definition) is 5. The number of rotatable bonds is 3. The lowest BCUT2D eigenvalue weighted by molar-refractivity contribution is 0.0963. The van der Waals surface area contributed by atoms with E-state index >= 15 is 0 Å². The highest BCUT2D eigenvalue weighted by atomic mass is 19.1. The molecule has 1 N–H and O–H groups in total. The minimum atomic E-state index is -0.599. The van der Waals surface area contributed by atoms with Gasteiger partial charge in [0.05, 0.1) is 18.8 Å². The third-order valence-corrected chi connectivity index (χ3v) is 3.17. The van der Waals surface area contributed by atoms with E-state index in [4.69, 9.17) is 9.84 Å². The minimum absolute atomic E-state index is 0.191. The van der Waals surface area contributed by atoms with Crippen LogP contribution in [0, 0.1) is 12.7 Å². The van der Waals surface area contributed by atoms with E-state index < -0.39 is 18.0 Å². The Bertz CT molecular complexity index is 688. The van der Waals surface area contributed by atoms with E-state index in [9.17, 15) is 9.18 Å². The molecule has 1 saturated heterocycles. The van der Waals surface area contributed by atoms with Crippen LogP contribution in [0.15, 0.2) is 24.5 Å². The SMILES string of the molecule is Cc1ncn(-c2ccc(N3CC(CO)OC3=O)cc2F)n1. The summed E-state index contributed by atoms with van der Waals surface area (Å²) in [6, 6.07) is 4.34. The van der Waals surface area contributed by atoms with Crippen molar-refractivity contribution in [1.82, 2.24) is 14.8 Å². The first-order chi connectivity index (χ1) is 10.1. The van der Waals surface area contributed by atoms with Gasteiger partial charge in [-0.05, 0) is 25.1 Å². The molecule has 1 amide bonds. The first-order valence-electron chi connectivity index (χ1n) is 6.35. The van der Waals surface area contributed by atoms with Crippen molar-refractivity contribution in [2.75, 3.05) is 18.1 Å². The van der Waals surface area contributed by atoms with Gasteiger partial charge in [-0.1, -0.05) is 0 Å². The number of amides is 1. The van der Waals surface area contributed by atoms with Gasteiger partial charge in [0.15, 0.2) is 5.82 Å². The zero-order valence-corrected chi connectivity index (χ0v) is 11.2. The minimum Gasteiger partial charge on any atom is -0.441 e. The molecular weight excluding hydrogens is 279 g/mol. The van der Waals surface area contributed by atoms with Crippen molar-refractivity contribution < 1.29 is 19.0 Å². The molecule has 2 heterocycles. The van der Waals surface area contributed by atoms with E-state index in [1.807, 2.05) is 0 Å². The Morgan fingerprint density at radius 1 is 1.52 bits per heavy atom. The standard InChI is InChI=1S/C13H13FN4O3/c1-8-15-7-18(16-8)12-3-2-9(4-11(12)14)17-5-10(6-19)21-13(17)20/h2-4,7,10,19H,5-6H2,1H3. The number of carbonyl (C=O) groups excluding carboxylic acids is 1. The Hall–Kier alpha value is -2.48. The summed E-state index contributed by atoms with van der Waals surface area (Å²) in [5.74, 6) is 0.00466. The first kappa shape index (κ1) is 13.5. The molecule has 2 aromatic rings. The van der Waals surface area contributed by atoms with Gasteiger partial charge in [0, 0.05) is 0 Å². The van der Waals surface area contributed by atoms with Crippen LogP contribution < -0.4 is 4.90 Å². The van der Waals surface area contributed by atoms with E-state index in [-0.39, 0.29) is 18.8 Å². The highest BCUT2D eigenvalue weighted by molar-refractivity contribution is 5.89. The number of halogens is 1. The molecule has 3 rings (SSSR count). The summed E-state index contributed by atoms with van der Waals surface area (Å²) in [5, 5.41) is 13.0. The first-order valence-corrected chi connectivity index (χ1v) is 6.35. The number of hydrogen-bond donors (Lipinski definition) is 1. The molecule has 1 unspecified atom stereocenters. The molecule has 0 saturated carbocycles. The summed E-state index contributed by atoms with van der Waals surface area (Å²) in [7, 11) is 0. The van der Waals surface area contributed by atoms with Crippen molar-refractivity contribution in [3.8, 4) is 5.69 Å². The van der Waals surface area contributed by atoms with Crippen LogP contribution in [-0.2, 0) is 4.74 Å². The Kier molecular flexibility index (Phi) is 3.30. The molecule has 1 aromatic heterocycles. The summed E-state index contributed by atoms with van der Waals surface area (Å²) >= 11 is 0. The molecule has 1 aliphatic rings. The van der Waals surface area contributed by atoms with Crippen LogP contribution >= 0.6 is 0 Å². The van der Waals surface area contributed by atoms with Gasteiger partial charge in [-0.3, -0.25) is 4.90 Å². The molecule has 8 heteroatoms. The third-order valence-electron chi connectivity index (χ3n) is 3.17. The van der Waals surface area contributed by atoms with Crippen LogP contribution in [-0.4, -0.2) is 45.2 Å². The normalized spacial score (nSPS) is 18.1. The summed E-state index contributed by atoms with van der Waals surface area (Å²) in [4.78, 5) is 16.9. The average Bonchev–Trinajstić information content (AvgIpc) is 3.04. The van der Waals surface area contributed by atoms with Crippen LogP contribution in [0.1, 0.15) is 5.82 Å². The highest BCUT2D eigenvalue weighted by Crippen LogP contribution is 2.25. The molecule has 1 aromatic carbocycles. The molecule has 0 radical (unpaired) electrons. The quantitative estimate of drug-likeness (QED) is 0.914. The monoisotopic (exact) mass is 292 g/mol. The lowest BCUT2D eigenvalue weighted by Crippen LogP contribution is -2.25. The van der Waals surface area contributed by atoms with Crippen LogP contribution in [0.2, 0.25) is 0 Å². The van der Waals surface area contributed by atoms with Gasteiger partial charge >= 0.3 is 6.09 Å². The van der Waals surface area contributed by atoms with E-state index in [2.05, 4.69) is 10.1 Å². The second-order valence-electron chi connectivity index (χ2n) is 4.67. The number of cyclic esters (lactones) is 1. The van der Waals surface area contributed by atoms with E-state index in [0.29, 0.717) is 11.5 Å². The Morgan fingerprint density at radius 3 is 2.90 bits per heavy atom. The molecule has 110 valence electrons. The fourth-order valence-electron chi connectivity index (χ4n) is 2.14. The maximum absolute atomic E-state index is 14.2. The number of anilines is 1. The fraction of sp³-hybridized carbons (Fsp3) is 0.308. The average molecular weight is 292 g/mol. The Morgan fingerprint density at radius 2 is 2.33 bits per heavy atom. The van der Waals surface area contributed by atoms with Crippen molar-refractivity contribution in [2.24, 2.45) is 0 Å². The molecule has 0 spiro atoms. The largest absolute Gasteiger partial charge is 0.441 e. The summed E-state index contributed by atoms with van der Waals surface area (Å²) in [6.45, 7) is 1.63. The summed E-state index contributed by atoms with van der Waals surface area (Å²) in [6.07, 6.45) is 0.232. The molecule has 1 atom stereocenters. The lowest BCUT2D eigenvalue weighted by atomic mass is 10.2. The van der Waals surface area contributed by atoms with Gasteiger partial charge < -0.3 is 9.84 Å². The summed E-state index contributed by atoms with van der Waals surface area (Å²) in [5.41, 5.74) is 0.611. The Labute approximate surface area is 119 Å². The fourth-order valence-corrected chi connectivity index (χ4v) is 2.14. The predicted molar refractivity (Wildman–Crippen MR) is 70.8 cm³/mol. The van der Waals surface area contributed by atoms with Crippen LogP contribution in [0.3, 0.4) is 0 Å². The van der Waals surface area contributed by atoms with Crippen molar-refractivity contribution in [3.63, 3.8) is 0 Å². The van der Waals surface area contributed by atoms with Gasteiger partial charge in [0.2, 0.25) is 0 Å². The predicted octanol–water partition coefficient (Wildman–Crippen LogP) is 1.03. The van der Waals surface area contributed by atoms with Gasteiger partial charge in [0.25, 0.3) is 0 Å². The molecule has 0 bridgehead atoms. The smallest absolute Gasteiger partial charge is 0.414 e. The third kappa shape index (κ3) is 2.45.